The number of benzene rings is 4. The highest BCUT2D eigenvalue weighted by molar-refractivity contribution is 6.20. The average Bonchev–Trinajstić information content (AvgIpc) is 3.28. The topological polar surface area (TPSA) is 93.8 Å². The van der Waals surface area contributed by atoms with E-state index in [1.54, 1.807) is 6.07 Å². The van der Waals surface area contributed by atoms with E-state index in [1.807, 2.05) is 31.2 Å². The van der Waals surface area contributed by atoms with E-state index in [1.165, 1.54) is 34.7 Å². The fourth-order valence-corrected chi connectivity index (χ4v) is 5.26. The minimum Gasteiger partial charge on any atom is -0.366 e. The number of amides is 1. The van der Waals surface area contributed by atoms with Crippen molar-refractivity contribution in [3.8, 4) is 16.8 Å². The summed E-state index contributed by atoms with van der Waals surface area (Å²) < 4.78 is 15.4. The first-order valence-electron chi connectivity index (χ1n) is 12.4. The van der Waals surface area contributed by atoms with Gasteiger partial charge in [0.15, 0.2) is 0 Å². The molecule has 0 aliphatic carbocycles. The molecule has 0 unspecified atom stereocenters. The number of hydrogen-bond donors (Lipinski definition) is 2. The second-order valence-electron chi connectivity index (χ2n) is 9.89. The van der Waals surface area contributed by atoms with E-state index in [-0.39, 0.29) is 10.9 Å². The first-order chi connectivity index (χ1) is 18.2. The van der Waals surface area contributed by atoms with E-state index in [2.05, 4.69) is 42.0 Å². The number of hydrogen-bond acceptors (Lipinski definition) is 3. The highest BCUT2D eigenvalue weighted by Gasteiger charge is 2.19. The molecule has 3 N–H and O–H groups in total. The second kappa shape index (κ2) is 8.66. The first-order valence-corrected chi connectivity index (χ1v) is 12.4. The third-order valence-electron chi connectivity index (χ3n) is 7.29. The van der Waals surface area contributed by atoms with Crippen LogP contribution in [0.5, 0.6) is 0 Å². The number of aromatic nitrogens is 3. The Bertz CT molecular complexity index is 1980. The number of primary amides is 1. The van der Waals surface area contributed by atoms with Crippen molar-refractivity contribution in [2.75, 3.05) is 0 Å². The predicted octanol–water partition coefficient (Wildman–Crippen LogP) is 6.36. The standard InChI is InChI=1S/C31H25FN4O2/c1-16(2)18-7-9-22-26(13-18)35-29-23(30(33)37)11-10-21(28(22)29)20-5-4-6-27(17(20)3)36-15-34-25-12-8-19(32)14-24(25)31(36)38/h4-16,35H,1-3H3,(H2,33,37). The van der Waals surface area contributed by atoms with Gasteiger partial charge in [-0.3, -0.25) is 14.2 Å². The van der Waals surface area contributed by atoms with Crippen molar-refractivity contribution in [3.05, 3.63) is 106 Å². The lowest BCUT2D eigenvalue weighted by atomic mass is 9.92. The van der Waals surface area contributed by atoms with Gasteiger partial charge in [0.05, 0.1) is 27.7 Å². The summed E-state index contributed by atoms with van der Waals surface area (Å²) in [6, 6.07) is 19.6. The molecule has 0 radical (unpaired) electrons. The minimum atomic E-state index is -0.510. The molecule has 0 saturated heterocycles. The van der Waals surface area contributed by atoms with Crippen molar-refractivity contribution < 1.29 is 9.18 Å². The number of H-pyrrole nitrogens is 1. The molecule has 0 aliphatic heterocycles. The van der Waals surface area contributed by atoms with Crippen LogP contribution in [0, 0.1) is 12.7 Å². The Morgan fingerprint density at radius 1 is 1.00 bits per heavy atom. The van der Waals surface area contributed by atoms with Gasteiger partial charge in [0.1, 0.15) is 12.1 Å². The van der Waals surface area contributed by atoms with Crippen LogP contribution < -0.4 is 11.3 Å². The van der Waals surface area contributed by atoms with Crippen LogP contribution in [0.3, 0.4) is 0 Å². The molecule has 6 aromatic rings. The van der Waals surface area contributed by atoms with Crippen molar-refractivity contribution in [1.29, 1.82) is 0 Å². The zero-order chi connectivity index (χ0) is 26.7. The number of rotatable bonds is 4. The van der Waals surface area contributed by atoms with E-state index < -0.39 is 11.7 Å². The number of aromatic amines is 1. The molecule has 1 amide bonds. The Kier molecular flexibility index (Phi) is 5.38. The van der Waals surface area contributed by atoms with Crippen LogP contribution >= 0.6 is 0 Å². The molecule has 0 saturated carbocycles. The van der Waals surface area contributed by atoms with Crippen LogP contribution in [0.15, 0.2) is 77.9 Å². The molecule has 0 aliphatic rings. The number of nitrogens with one attached hydrogen (secondary N) is 1. The molecule has 0 bridgehead atoms. The SMILES string of the molecule is Cc1c(-c2ccc(C(N)=O)c3[nH]c4cc(C(C)C)ccc4c23)cccc1-n1cnc2ccc(F)cc2c1=O. The maximum atomic E-state index is 13.9. The molecule has 2 heterocycles. The molecule has 6 nitrogen and oxygen atoms in total. The summed E-state index contributed by atoms with van der Waals surface area (Å²) in [5.74, 6) is -0.651. The van der Waals surface area contributed by atoms with Gasteiger partial charge in [0.2, 0.25) is 0 Å². The molecule has 38 heavy (non-hydrogen) atoms. The number of nitrogens with two attached hydrogens (primary N) is 1. The van der Waals surface area contributed by atoms with E-state index in [9.17, 15) is 14.0 Å². The number of carbonyl (C=O) groups excluding carboxylic acids is 1. The Balaban J connectivity index is 1.63. The maximum Gasteiger partial charge on any atom is 0.265 e. The third kappa shape index (κ3) is 3.58. The summed E-state index contributed by atoms with van der Waals surface area (Å²) in [6.45, 7) is 6.21. The van der Waals surface area contributed by atoms with Gasteiger partial charge in [-0.1, -0.05) is 44.2 Å². The number of carbonyl (C=O) groups is 1. The molecule has 188 valence electrons. The van der Waals surface area contributed by atoms with E-state index in [0.717, 1.165) is 33.0 Å². The number of nitrogens with zero attached hydrogens (tertiary/aromatic N) is 2. The molecule has 7 heteroatoms. The zero-order valence-electron chi connectivity index (χ0n) is 21.2. The van der Waals surface area contributed by atoms with Crippen molar-refractivity contribution in [1.82, 2.24) is 14.5 Å². The zero-order valence-corrected chi connectivity index (χ0v) is 21.2. The van der Waals surface area contributed by atoms with Gasteiger partial charge >= 0.3 is 0 Å². The van der Waals surface area contributed by atoms with Crippen molar-refractivity contribution in [3.63, 3.8) is 0 Å². The second-order valence-corrected chi connectivity index (χ2v) is 9.89. The minimum absolute atomic E-state index is 0.211. The summed E-state index contributed by atoms with van der Waals surface area (Å²) >= 11 is 0. The highest BCUT2D eigenvalue weighted by Crippen LogP contribution is 2.39. The van der Waals surface area contributed by atoms with Crippen molar-refractivity contribution in [2.45, 2.75) is 26.7 Å². The van der Waals surface area contributed by atoms with Gasteiger partial charge < -0.3 is 10.7 Å². The van der Waals surface area contributed by atoms with Gasteiger partial charge in [0.25, 0.3) is 11.5 Å². The Morgan fingerprint density at radius 2 is 1.82 bits per heavy atom. The third-order valence-corrected chi connectivity index (χ3v) is 7.29. The number of halogens is 1. The maximum absolute atomic E-state index is 13.9. The monoisotopic (exact) mass is 504 g/mol. The lowest BCUT2D eigenvalue weighted by Gasteiger charge is -2.15. The summed E-state index contributed by atoms with van der Waals surface area (Å²) in [6.07, 6.45) is 1.47. The normalized spacial score (nSPS) is 11.7. The van der Waals surface area contributed by atoms with Gasteiger partial charge in [-0.15, -0.1) is 0 Å². The molecule has 0 spiro atoms. The quantitative estimate of drug-likeness (QED) is 0.293. The average molecular weight is 505 g/mol. The van der Waals surface area contributed by atoms with Gasteiger partial charge in [0, 0.05) is 16.3 Å². The molecular weight excluding hydrogens is 479 g/mol. The fraction of sp³-hybridized carbons (Fsp3) is 0.129. The van der Waals surface area contributed by atoms with Crippen LogP contribution in [0.2, 0.25) is 0 Å². The van der Waals surface area contributed by atoms with Gasteiger partial charge in [-0.25, -0.2) is 9.37 Å². The Morgan fingerprint density at radius 3 is 2.58 bits per heavy atom. The molecule has 4 aromatic carbocycles. The molecule has 0 atom stereocenters. The first kappa shape index (κ1) is 23.6. The van der Waals surface area contributed by atoms with Crippen LogP contribution in [0.25, 0.3) is 49.5 Å². The Labute approximate surface area is 217 Å². The Hall–Kier alpha value is -4.78. The van der Waals surface area contributed by atoms with Crippen LogP contribution in [-0.2, 0) is 0 Å². The van der Waals surface area contributed by atoms with Gasteiger partial charge in [-0.2, -0.15) is 0 Å². The fourth-order valence-electron chi connectivity index (χ4n) is 5.26. The summed E-state index contributed by atoms with van der Waals surface area (Å²) in [5.41, 5.74) is 12.3. The molecule has 0 fully saturated rings. The summed E-state index contributed by atoms with van der Waals surface area (Å²) in [5, 5.41) is 2.08. The molecule has 2 aromatic heterocycles. The van der Waals surface area contributed by atoms with Crippen molar-refractivity contribution in [2.24, 2.45) is 5.73 Å². The largest absolute Gasteiger partial charge is 0.366 e. The summed E-state index contributed by atoms with van der Waals surface area (Å²) in [7, 11) is 0. The predicted molar refractivity (Wildman–Crippen MR) is 149 cm³/mol. The lowest BCUT2D eigenvalue weighted by molar-refractivity contribution is 0.100. The number of fused-ring (bicyclic) bond motifs is 4. The smallest absolute Gasteiger partial charge is 0.265 e. The van der Waals surface area contributed by atoms with E-state index in [4.69, 9.17) is 5.73 Å². The van der Waals surface area contributed by atoms with Gasteiger partial charge in [-0.05, 0) is 71.5 Å². The van der Waals surface area contributed by atoms with E-state index in [0.29, 0.717) is 28.2 Å². The lowest BCUT2D eigenvalue weighted by Crippen LogP contribution is -2.20. The molecular formula is C31H25FN4O2. The van der Waals surface area contributed by atoms with E-state index >= 15 is 0 Å². The van der Waals surface area contributed by atoms with Crippen molar-refractivity contribution >= 4 is 38.6 Å². The van der Waals surface area contributed by atoms with Crippen LogP contribution in [0.1, 0.15) is 41.3 Å². The summed E-state index contributed by atoms with van der Waals surface area (Å²) in [4.78, 5) is 33.5. The van der Waals surface area contributed by atoms with Crippen LogP contribution in [-0.4, -0.2) is 20.4 Å². The highest BCUT2D eigenvalue weighted by atomic mass is 19.1. The van der Waals surface area contributed by atoms with Crippen LogP contribution in [0.4, 0.5) is 4.39 Å². The molecule has 6 rings (SSSR count).